The van der Waals surface area contributed by atoms with Crippen LogP contribution in [0.3, 0.4) is 0 Å². The maximum atomic E-state index is 12.6. The monoisotopic (exact) mass is 428 g/mol. The summed E-state index contributed by atoms with van der Waals surface area (Å²) in [5.74, 6) is 0.00552. The zero-order valence-electron chi connectivity index (χ0n) is 15.3. The molecule has 0 atom stereocenters. The lowest BCUT2D eigenvalue weighted by atomic mass is 10.1. The van der Waals surface area contributed by atoms with Gasteiger partial charge in [-0.25, -0.2) is 13.1 Å². The van der Waals surface area contributed by atoms with Gasteiger partial charge in [0.25, 0.3) is 5.91 Å². The summed E-state index contributed by atoms with van der Waals surface area (Å²) in [6.45, 7) is 6.27. The Balaban J connectivity index is 2.20. The number of benzene rings is 2. The summed E-state index contributed by atoms with van der Waals surface area (Å²) in [5.41, 5.74) is 1.64. The van der Waals surface area contributed by atoms with Crippen molar-refractivity contribution in [2.75, 3.05) is 6.54 Å². The highest BCUT2D eigenvalue weighted by Gasteiger charge is 2.18. The van der Waals surface area contributed by atoms with E-state index in [0.29, 0.717) is 39.2 Å². The molecule has 0 fully saturated rings. The molecule has 5 nitrogen and oxygen atoms in total. The molecule has 146 valence electrons. The Bertz CT molecular complexity index is 944. The molecule has 0 saturated carbocycles. The highest BCUT2D eigenvalue weighted by Crippen LogP contribution is 2.22. The molecule has 0 heterocycles. The molecule has 0 bridgehead atoms. The summed E-state index contributed by atoms with van der Waals surface area (Å²) in [4.78, 5) is 12.4. The summed E-state index contributed by atoms with van der Waals surface area (Å²) in [6, 6.07) is 9.33. The van der Waals surface area contributed by atoms with Crippen molar-refractivity contribution < 1.29 is 13.2 Å². The van der Waals surface area contributed by atoms with E-state index in [4.69, 9.17) is 23.2 Å². The van der Waals surface area contributed by atoms with Crippen LogP contribution in [-0.4, -0.2) is 20.9 Å². The van der Waals surface area contributed by atoms with Gasteiger partial charge in [0.1, 0.15) is 0 Å². The number of nitrogens with one attached hydrogen (secondary N) is 2. The maximum absolute atomic E-state index is 12.6. The molecule has 27 heavy (non-hydrogen) atoms. The molecule has 2 N–H and O–H groups in total. The Morgan fingerprint density at radius 1 is 1.11 bits per heavy atom. The lowest BCUT2D eigenvalue weighted by molar-refractivity contribution is 0.0948. The van der Waals surface area contributed by atoms with Crippen molar-refractivity contribution in [3.63, 3.8) is 0 Å². The van der Waals surface area contributed by atoms with Crippen LogP contribution in [-0.2, 0) is 16.6 Å². The van der Waals surface area contributed by atoms with Crippen molar-refractivity contribution in [1.29, 1.82) is 0 Å². The van der Waals surface area contributed by atoms with E-state index in [1.807, 2.05) is 13.8 Å². The van der Waals surface area contributed by atoms with Gasteiger partial charge in [0.15, 0.2) is 0 Å². The van der Waals surface area contributed by atoms with Crippen LogP contribution >= 0.6 is 23.2 Å². The minimum atomic E-state index is -3.81. The molecular weight excluding hydrogens is 407 g/mol. The number of sulfonamides is 1. The van der Waals surface area contributed by atoms with Crippen LogP contribution in [0.4, 0.5) is 0 Å². The molecular formula is C19H22Cl2N2O3S. The normalized spacial score (nSPS) is 11.6. The molecule has 1 amide bonds. The molecule has 0 unspecified atom stereocenters. The average molecular weight is 429 g/mol. The van der Waals surface area contributed by atoms with Crippen molar-refractivity contribution in [3.8, 4) is 0 Å². The van der Waals surface area contributed by atoms with Crippen molar-refractivity contribution in [2.24, 2.45) is 5.92 Å². The second kappa shape index (κ2) is 9.06. The van der Waals surface area contributed by atoms with Gasteiger partial charge in [-0.05, 0) is 48.2 Å². The van der Waals surface area contributed by atoms with Crippen molar-refractivity contribution >= 4 is 39.1 Å². The Morgan fingerprint density at radius 2 is 1.81 bits per heavy atom. The van der Waals surface area contributed by atoms with Gasteiger partial charge in [-0.1, -0.05) is 49.2 Å². The van der Waals surface area contributed by atoms with Crippen molar-refractivity contribution in [1.82, 2.24) is 10.0 Å². The lowest BCUT2D eigenvalue weighted by Gasteiger charge is -2.12. The third-order valence-electron chi connectivity index (χ3n) is 3.90. The predicted octanol–water partition coefficient (Wildman–Crippen LogP) is 4.17. The average Bonchev–Trinajstić information content (AvgIpc) is 2.59. The molecule has 2 aromatic carbocycles. The molecule has 2 aromatic rings. The highest BCUT2D eigenvalue weighted by atomic mass is 35.5. The second-order valence-electron chi connectivity index (χ2n) is 6.64. The molecule has 8 heteroatoms. The Labute approximate surface area is 170 Å². The first-order valence-corrected chi connectivity index (χ1v) is 10.7. The van der Waals surface area contributed by atoms with E-state index >= 15 is 0 Å². The van der Waals surface area contributed by atoms with Crippen LogP contribution in [0.15, 0.2) is 41.3 Å². The number of rotatable bonds is 7. The van der Waals surface area contributed by atoms with Crippen LogP contribution in [0.25, 0.3) is 0 Å². The quantitative estimate of drug-likeness (QED) is 0.694. The first-order chi connectivity index (χ1) is 12.6. The van der Waals surface area contributed by atoms with Crippen LogP contribution in [0, 0.1) is 12.8 Å². The van der Waals surface area contributed by atoms with Gasteiger partial charge in [0.05, 0.1) is 4.90 Å². The molecule has 0 spiro atoms. The van der Waals surface area contributed by atoms with Gasteiger partial charge >= 0.3 is 0 Å². The van der Waals surface area contributed by atoms with Crippen LogP contribution in [0.2, 0.25) is 10.0 Å². The minimum absolute atomic E-state index is 0.0150. The van der Waals surface area contributed by atoms with E-state index in [9.17, 15) is 13.2 Å². The highest BCUT2D eigenvalue weighted by molar-refractivity contribution is 7.89. The zero-order chi connectivity index (χ0) is 20.2. The van der Waals surface area contributed by atoms with Gasteiger partial charge in [0, 0.05) is 28.7 Å². The summed E-state index contributed by atoms with van der Waals surface area (Å²) >= 11 is 11.9. The van der Waals surface area contributed by atoms with Gasteiger partial charge in [-0.2, -0.15) is 0 Å². The van der Waals surface area contributed by atoms with Crippen LogP contribution in [0.5, 0.6) is 0 Å². The fourth-order valence-corrected chi connectivity index (χ4v) is 3.83. The molecule has 0 radical (unpaired) electrons. The number of carbonyl (C=O) groups excluding carboxylic acids is 1. The second-order valence-corrected chi connectivity index (χ2v) is 9.25. The van der Waals surface area contributed by atoms with E-state index in [2.05, 4.69) is 10.0 Å². The molecule has 2 rings (SSSR count). The maximum Gasteiger partial charge on any atom is 0.251 e. The summed E-state index contributed by atoms with van der Waals surface area (Å²) < 4.78 is 27.7. The van der Waals surface area contributed by atoms with E-state index in [0.717, 1.165) is 0 Å². The fourth-order valence-electron chi connectivity index (χ4n) is 2.33. The Kier molecular flexibility index (Phi) is 7.28. The zero-order valence-corrected chi connectivity index (χ0v) is 17.7. The Morgan fingerprint density at radius 3 is 2.44 bits per heavy atom. The third kappa shape index (κ3) is 5.94. The van der Waals surface area contributed by atoms with Crippen molar-refractivity contribution in [2.45, 2.75) is 32.2 Å². The summed E-state index contributed by atoms with van der Waals surface area (Å²) in [6.07, 6.45) is 0. The van der Waals surface area contributed by atoms with Crippen LogP contribution in [0.1, 0.15) is 35.3 Å². The Hall–Kier alpha value is -1.60. The van der Waals surface area contributed by atoms with E-state index in [1.54, 1.807) is 31.2 Å². The van der Waals surface area contributed by atoms with Crippen molar-refractivity contribution in [3.05, 3.63) is 63.1 Å². The van der Waals surface area contributed by atoms with E-state index in [-0.39, 0.29) is 17.3 Å². The number of hydrogen-bond donors (Lipinski definition) is 2. The topological polar surface area (TPSA) is 75.3 Å². The van der Waals surface area contributed by atoms with Crippen LogP contribution < -0.4 is 10.0 Å². The van der Waals surface area contributed by atoms with Gasteiger partial charge in [-0.15, -0.1) is 0 Å². The largest absolute Gasteiger partial charge is 0.352 e. The van der Waals surface area contributed by atoms with Gasteiger partial charge < -0.3 is 5.32 Å². The molecule has 0 aliphatic rings. The minimum Gasteiger partial charge on any atom is -0.352 e. The fraction of sp³-hybridized carbons (Fsp3) is 0.316. The van der Waals surface area contributed by atoms with Gasteiger partial charge in [-0.3, -0.25) is 4.79 Å². The third-order valence-corrected chi connectivity index (χ3v) is 5.89. The predicted molar refractivity (Wildman–Crippen MR) is 109 cm³/mol. The molecule has 0 aliphatic heterocycles. The SMILES string of the molecule is Cc1ccc(S(=O)(=O)NCc2ccc(Cl)cc2Cl)cc1C(=O)NCC(C)C. The smallest absolute Gasteiger partial charge is 0.251 e. The standard InChI is InChI=1S/C19H22Cl2N2O3S/c1-12(2)10-22-19(24)17-9-16(7-4-13(17)3)27(25,26)23-11-14-5-6-15(20)8-18(14)21/h4-9,12,23H,10-11H2,1-3H3,(H,22,24). The lowest BCUT2D eigenvalue weighted by Crippen LogP contribution is -2.28. The number of amides is 1. The number of aryl methyl sites for hydroxylation is 1. The first-order valence-electron chi connectivity index (χ1n) is 8.42. The van der Waals surface area contributed by atoms with E-state index < -0.39 is 10.0 Å². The van der Waals surface area contributed by atoms with E-state index in [1.165, 1.54) is 12.1 Å². The summed E-state index contributed by atoms with van der Waals surface area (Å²) in [5, 5.41) is 3.66. The summed E-state index contributed by atoms with van der Waals surface area (Å²) in [7, 11) is -3.81. The first kappa shape index (κ1) is 21.7. The molecule has 0 saturated heterocycles. The number of carbonyl (C=O) groups is 1. The number of hydrogen-bond acceptors (Lipinski definition) is 3. The molecule has 0 aromatic heterocycles. The van der Waals surface area contributed by atoms with Gasteiger partial charge in [0.2, 0.25) is 10.0 Å². The number of halogens is 2. The molecule has 0 aliphatic carbocycles.